The summed E-state index contributed by atoms with van der Waals surface area (Å²) in [5, 5.41) is 14.9. The summed E-state index contributed by atoms with van der Waals surface area (Å²) in [5.74, 6) is -1.05. The number of fused-ring (bicyclic) bond motifs is 1. The van der Waals surface area contributed by atoms with Crippen LogP contribution >= 0.6 is 11.6 Å². The average Bonchev–Trinajstić information content (AvgIpc) is 3.34. The molecule has 0 aliphatic carbocycles. The molecule has 3 aromatic rings. The molecule has 0 fully saturated rings. The van der Waals surface area contributed by atoms with Gasteiger partial charge < -0.3 is 24.5 Å². The molecule has 0 bridgehead atoms. The summed E-state index contributed by atoms with van der Waals surface area (Å²) in [6, 6.07) is 7.45. The number of pyridine rings is 1. The van der Waals surface area contributed by atoms with Crippen molar-refractivity contribution in [3.05, 3.63) is 63.8 Å². The molecule has 1 unspecified atom stereocenters. The molecule has 0 saturated carbocycles. The Morgan fingerprint density at radius 2 is 1.94 bits per heavy atom. The van der Waals surface area contributed by atoms with E-state index >= 15 is 0 Å². The van der Waals surface area contributed by atoms with E-state index in [0.717, 1.165) is 39.1 Å². The first-order chi connectivity index (χ1) is 16.0. The van der Waals surface area contributed by atoms with Gasteiger partial charge >= 0.3 is 5.97 Å². The molecular weight excluding hydrogens is 454 g/mol. The number of nitrogens with zero attached hydrogens (tertiary/aromatic N) is 2. The van der Waals surface area contributed by atoms with E-state index in [4.69, 9.17) is 26.1 Å². The highest BCUT2D eigenvalue weighted by molar-refractivity contribution is 6.30. The number of benzene rings is 1. The number of ether oxygens (including phenoxy) is 2. The van der Waals surface area contributed by atoms with Gasteiger partial charge in [-0.05, 0) is 64.8 Å². The predicted molar refractivity (Wildman–Crippen MR) is 133 cm³/mol. The third kappa shape index (κ3) is 4.50. The van der Waals surface area contributed by atoms with E-state index in [-0.39, 0.29) is 0 Å². The van der Waals surface area contributed by atoms with Crippen molar-refractivity contribution in [1.82, 2.24) is 14.9 Å². The molecule has 0 radical (unpaired) electrons. The molecule has 1 aliphatic heterocycles. The third-order valence-electron chi connectivity index (χ3n) is 6.01. The molecule has 34 heavy (non-hydrogen) atoms. The van der Waals surface area contributed by atoms with E-state index in [0.29, 0.717) is 29.6 Å². The molecular formula is C26H30ClN3O4. The van der Waals surface area contributed by atoms with Crippen molar-refractivity contribution in [2.75, 3.05) is 6.73 Å². The number of aliphatic carboxylic acids is 1. The van der Waals surface area contributed by atoms with Crippen LogP contribution in [0, 0.1) is 20.8 Å². The summed E-state index contributed by atoms with van der Waals surface area (Å²) in [6.07, 6.45) is 0.540. The summed E-state index contributed by atoms with van der Waals surface area (Å²) in [7, 11) is 0. The SMILES string of the molecule is Cc1nc2c(c(C)c(C)n2CC2=COCN2)c(-c2ccc(Cl)cc2)c1C(OC(C)(C)C)C(=O)O. The predicted octanol–water partition coefficient (Wildman–Crippen LogP) is 5.64. The normalized spacial score (nSPS) is 14.6. The van der Waals surface area contributed by atoms with E-state index in [1.807, 2.05) is 65.8 Å². The molecule has 4 rings (SSSR count). The van der Waals surface area contributed by atoms with Crippen LogP contribution in [0.3, 0.4) is 0 Å². The Balaban J connectivity index is 2.06. The molecule has 7 nitrogen and oxygen atoms in total. The number of carboxylic acid groups (broad SMARTS) is 1. The van der Waals surface area contributed by atoms with Crippen molar-refractivity contribution in [2.24, 2.45) is 0 Å². The Hall–Kier alpha value is -3.03. The quantitative estimate of drug-likeness (QED) is 0.471. The van der Waals surface area contributed by atoms with E-state index in [1.54, 1.807) is 6.26 Å². The minimum atomic E-state index is -1.18. The van der Waals surface area contributed by atoms with Gasteiger partial charge in [-0.3, -0.25) is 0 Å². The minimum Gasteiger partial charge on any atom is -0.479 e. The van der Waals surface area contributed by atoms with Gasteiger partial charge in [0.15, 0.2) is 12.8 Å². The van der Waals surface area contributed by atoms with Gasteiger partial charge in [0.05, 0.1) is 17.8 Å². The van der Waals surface area contributed by atoms with Crippen LogP contribution < -0.4 is 5.32 Å². The van der Waals surface area contributed by atoms with Crippen molar-refractivity contribution in [1.29, 1.82) is 0 Å². The van der Waals surface area contributed by atoms with Crippen LogP contribution in [0.2, 0.25) is 5.02 Å². The summed E-state index contributed by atoms with van der Waals surface area (Å²) >= 11 is 6.18. The molecule has 0 saturated heterocycles. The van der Waals surface area contributed by atoms with Crippen molar-refractivity contribution < 1.29 is 19.4 Å². The molecule has 0 amide bonds. The second-order valence-electron chi connectivity index (χ2n) is 9.57. The van der Waals surface area contributed by atoms with Gasteiger partial charge in [-0.25, -0.2) is 9.78 Å². The fourth-order valence-electron chi connectivity index (χ4n) is 4.39. The van der Waals surface area contributed by atoms with E-state index < -0.39 is 17.7 Å². The number of hydrogen-bond donors (Lipinski definition) is 2. The number of carboxylic acids is 1. The fourth-order valence-corrected chi connectivity index (χ4v) is 4.52. The maximum Gasteiger partial charge on any atom is 0.337 e. The topological polar surface area (TPSA) is 85.6 Å². The van der Waals surface area contributed by atoms with E-state index in [9.17, 15) is 9.90 Å². The number of hydrogen-bond acceptors (Lipinski definition) is 5. The highest BCUT2D eigenvalue weighted by Crippen LogP contribution is 2.42. The largest absolute Gasteiger partial charge is 0.479 e. The number of halogens is 1. The van der Waals surface area contributed by atoms with Crippen LogP contribution in [0.5, 0.6) is 0 Å². The monoisotopic (exact) mass is 483 g/mol. The van der Waals surface area contributed by atoms with Crippen LogP contribution in [0.25, 0.3) is 22.2 Å². The standard InChI is InChI=1S/C26H30ClN3O4/c1-14-16(3)30(11-19-12-33-13-28-19)24-20(14)22(17-7-9-18(27)10-8-17)21(15(2)29-24)23(25(31)32)34-26(4,5)6/h7-10,12,23,28H,11,13H2,1-6H3,(H,31,32). The zero-order chi connectivity index (χ0) is 24.8. The van der Waals surface area contributed by atoms with Crippen LogP contribution in [0.4, 0.5) is 0 Å². The molecule has 0 spiro atoms. The summed E-state index contributed by atoms with van der Waals surface area (Å²) in [5.41, 5.74) is 5.99. The highest BCUT2D eigenvalue weighted by Gasteiger charge is 2.33. The van der Waals surface area contributed by atoms with Gasteiger partial charge in [-0.1, -0.05) is 23.7 Å². The van der Waals surface area contributed by atoms with Crippen molar-refractivity contribution >= 4 is 28.6 Å². The lowest BCUT2D eigenvalue weighted by atomic mass is 9.91. The number of carbonyl (C=O) groups is 1. The molecule has 1 aliphatic rings. The third-order valence-corrected chi connectivity index (χ3v) is 6.26. The van der Waals surface area contributed by atoms with Gasteiger partial charge in [-0.15, -0.1) is 0 Å². The maximum atomic E-state index is 12.5. The maximum absolute atomic E-state index is 12.5. The molecule has 2 N–H and O–H groups in total. The first-order valence-electron chi connectivity index (χ1n) is 11.2. The fraction of sp³-hybridized carbons (Fsp3) is 0.385. The van der Waals surface area contributed by atoms with Crippen LogP contribution in [0.15, 0.2) is 36.2 Å². The Kier molecular flexibility index (Phi) is 6.36. The summed E-state index contributed by atoms with van der Waals surface area (Å²) in [4.78, 5) is 17.4. The molecule has 1 atom stereocenters. The highest BCUT2D eigenvalue weighted by atomic mass is 35.5. The van der Waals surface area contributed by atoms with Gasteiger partial charge in [0.25, 0.3) is 0 Å². The van der Waals surface area contributed by atoms with Crippen LogP contribution in [-0.4, -0.2) is 33.0 Å². The summed E-state index contributed by atoms with van der Waals surface area (Å²) in [6.45, 7) is 12.5. The number of aryl methyl sites for hydroxylation is 2. The second-order valence-corrected chi connectivity index (χ2v) is 10.0. The number of nitrogens with one attached hydrogen (secondary N) is 1. The summed E-state index contributed by atoms with van der Waals surface area (Å²) < 4.78 is 13.5. The zero-order valence-corrected chi connectivity index (χ0v) is 21.1. The molecule has 1 aromatic carbocycles. The van der Waals surface area contributed by atoms with Gasteiger partial charge in [0.1, 0.15) is 11.9 Å². The van der Waals surface area contributed by atoms with E-state index in [2.05, 4.69) is 9.88 Å². The Morgan fingerprint density at radius 3 is 2.50 bits per heavy atom. The lowest BCUT2D eigenvalue weighted by Crippen LogP contribution is -2.28. The van der Waals surface area contributed by atoms with E-state index in [1.165, 1.54) is 0 Å². The number of allylic oxidation sites excluding steroid dienone is 1. The smallest absolute Gasteiger partial charge is 0.337 e. The zero-order valence-electron chi connectivity index (χ0n) is 20.3. The molecule has 3 heterocycles. The number of aromatic nitrogens is 2. The molecule has 8 heteroatoms. The Morgan fingerprint density at radius 1 is 1.26 bits per heavy atom. The van der Waals surface area contributed by atoms with Gasteiger partial charge in [0, 0.05) is 32.9 Å². The van der Waals surface area contributed by atoms with Crippen molar-refractivity contribution in [3.8, 4) is 11.1 Å². The van der Waals surface area contributed by atoms with Crippen LogP contribution in [-0.2, 0) is 20.8 Å². The van der Waals surface area contributed by atoms with Crippen molar-refractivity contribution in [3.63, 3.8) is 0 Å². The first-order valence-corrected chi connectivity index (χ1v) is 11.6. The van der Waals surface area contributed by atoms with Gasteiger partial charge in [-0.2, -0.15) is 0 Å². The first kappa shape index (κ1) is 24.1. The molecule has 2 aromatic heterocycles. The lowest BCUT2D eigenvalue weighted by Gasteiger charge is -2.28. The number of rotatable bonds is 6. The Labute approximate surface area is 204 Å². The Bertz CT molecular complexity index is 1290. The lowest BCUT2D eigenvalue weighted by molar-refractivity contribution is -0.160. The second kappa shape index (κ2) is 8.96. The van der Waals surface area contributed by atoms with Crippen LogP contribution in [0.1, 0.15) is 49.4 Å². The van der Waals surface area contributed by atoms with Crippen molar-refractivity contribution in [2.45, 2.75) is 59.8 Å². The van der Waals surface area contributed by atoms with Gasteiger partial charge in [0.2, 0.25) is 0 Å². The minimum absolute atomic E-state index is 0.448. The average molecular weight is 484 g/mol. The molecule has 180 valence electrons.